The zero-order valence-corrected chi connectivity index (χ0v) is 13.1. The molecule has 0 radical (unpaired) electrons. The van der Waals surface area contributed by atoms with Gasteiger partial charge in [-0.25, -0.2) is 4.39 Å². The zero-order valence-electron chi connectivity index (χ0n) is 11.5. The SMILES string of the molecule is COCCCN(CCOC)c1ccc(F)cc1CBr. The van der Waals surface area contributed by atoms with Crippen LogP contribution in [0.25, 0.3) is 0 Å². The van der Waals surface area contributed by atoms with E-state index in [4.69, 9.17) is 9.47 Å². The molecule has 1 aromatic carbocycles. The van der Waals surface area contributed by atoms with Gasteiger partial charge >= 0.3 is 0 Å². The van der Waals surface area contributed by atoms with Gasteiger partial charge in [0, 0.05) is 44.9 Å². The van der Waals surface area contributed by atoms with Crippen LogP contribution in [0.2, 0.25) is 0 Å². The van der Waals surface area contributed by atoms with Gasteiger partial charge in [0.25, 0.3) is 0 Å². The molecular weight excluding hydrogens is 313 g/mol. The molecule has 0 aliphatic rings. The van der Waals surface area contributed by atoms with Gasteiger partial charge < -0.3 is 14.4 Å². The lowest BCUT2D eigenvalue weighted by Crippen LogP contribution is -2.29. The first kappa shape index (κ1) is 16.4. The van der Waals surface area contributed by atoms with E-state index in [0.717, 1.165) is 30.8 Å². The van der Waals surface area contributed by atoms with E-state index in [1.54, 1.807) is 20.3 Å². The molecule has 0 N–H and O–H groups in total. The van der Waals surface area contributed by atoms with Crippen molar-refractivity contribution in [1.29, 1.82) is 0 Å². The summed E-state index contributed by atoms with van der Waals surface area (Å²) >= 11 is 3.41. The molecule has 0 unspecified atom stereocenters. The molecule has 1 aromatic rings. The monoisotopic (exact) mass is 333 g/mol. The number of hydrogen-bond acceptors (Lipinski definition) is 3. The summed E-state index contributed by atoms with van der Waals surface area (Å²) in [6, 6.07) is 4.90. The number of methoxy groups -OCH3 is 2. The summed E-state index contributed by atoms with van der Waals surface area (Å²) < 4.78 is 23.5. The fraction of sp³-hybridized carbons (Fsp3) is 0.571. The molecule has 0 saturated heterocycles. The van der Waals surface area contributed by atoms with Crippen LogP contribution in [0.3, 0.4) is 0 Å². The summed E-state index contributed by atoms with van der Waals surface area (Å²) in [7, 11) is 3.38. The van der Waals surface area contributed by atoms with Crippen molar-refractivity contribution in [3.05, 3.63) is 29.6 Å². The fourth-order valence-corrected chi connectivity index (χ4v) is 2.37. The molecule has 0 aliphatic heterocycles. The first-order valence-electron chi connectivity index (χ1n) is 6.30. The highest BCUT2D eigenvalue weighted by atomic mass is 79.9. The third-order valence-electron chi connectivity index (χ3n) is 2.87. The lowest BCUT2D eigenvalue weighted by molar-refractivity contribution is 0.191. The van der Waals surface area contributed by atoms with E-state index in [-0.39, 0.29) is 5.82 Å². The summed E-state index contributed by atoms with van der Waals surface area (Å²) in [6.07, 6.45) is 0.930. The molecule has 19 heavy (non-hydrogen) atoms. The van der Waals surface area contributed by atoms with Gasteiger partial charge in [0.2, 0.25) is 0 Å². The van der Waals surface area contributed by atoms with Crippen molar-refractivity contribution in [1.82, 2.24) is 0 Å². The second-order valence-electron chi connectivity index (χ2n) is 4.23. The molecule has 3 nitrogen and oxygen atoms in total. The highest BCUT2D eigenvalue weighted by Gasteiger charge is 2.11. The summed E-state index contributed by atoms with van der Waals surface area (Å²) in [5, 5.41) is 0.633. The molecule has 0 amide bonds. The molecule has 0 spiro atoms. The topological polar surface area (TPSA) is 21.7 Å². The van der Waals surface area contributed by atoms with Crippen LogP contribution in [0.1, 0.15) is 12.0 Å². The highest BCUT2D eigenvalue weighted by molar-refractivity contribution is 9.08. The molecule has 0 saturated carbocycles. The van der Waals surface area contributed by atoms with Crippen LogP contribution in [-0.2, 0) is 14.8 Å². The van der Waals surface area contributed by atoms with Crippen molar-refractivity contribution in [2.75, 3.05) is 45.4 Å². The Kier molecular flexibility index (Phi) is 8.02. The van der Waals surface area contributed by atoms with Crippen molar-refractivity contribution in [3.63, 3.8) is 0 Å². The molecule has 0 atom stereocenters. The van der Waals surface area contributed by atoms with E-state index in [0.29, 0.717) is 18.5 Å². The second-order valence-corrected chi connectivity index (χ2v) is 4.79. The molecule has 0 heterocycles. The Morgan fingerprint density at radius 3 is 2.53 bits per heavy atom. The second kappa shape index (κ2) is 9.28. The minimum absolute atomic E-state index is 0.207. The van der Waals surface area contributed by atoms with Crippen LogP contribution < -0.4 is 4.90 Å². The molecule has 0 aliphatic carbocycles. The summed E-state index contributed by atoms with van der Waals surface area (Å²) in [4.78, 5) is 2.21. The number of anilines is 1. The number of benzene rings is 1. The van der Waals surface area contributed by atoms with Crippen molar-refractivity contribution < 1.29 is 13.9 Å². The number of alkyl halides is 1. The van der Waals surface area contributed by atoms with Crippen molar-refractivity contribution in [3.8, 4) is 0 Å². The van der Waals surface area contributed by atoms with Crippen molar-refractivity contribution in [2.45, 2.75) is 11.8 Å². The summed E-state index contributed by atoms with van der Waals surface area (Å²) in [5.41, 5.74) is 2.00. The first-order chi connectivity index (χ1) is 9.22. The normalized spacial score (nSPS) is 10.7. The standard InChI is InChI=1S/C14H21BrFNO2/c1-18-8-3-6-17(7-9-19-2)14-5-4-13(16)10-12(14)11-15/h4-5,10H,3,6-9,11H2,1-2H3. The number of halogens is 2. The fourth-order valence-electron chi connectivity index (χ4n) is 1.92. The molecule has 0 fully saturated rings. The zero-order chi connectivity index (χ0) is 14.1. The van der Waals surface area contributed by atoms with Gasteiger partial charge in [0.15, 0.2) is 0 Å². The highest BCUT2D eigenvalue weighted by Crippen LogP contribution is 2.24. The number of ether oxygens (including phenoxy) is 2. The van der Waals surface area contributed by atoms with Crippen LogP contribution in [-0.4, -0.2) is 40.5 Å². The average molecular weight is 334 g/mol. The lowest BCUT2D eigenvalue weighted by atomic mass is 10.1. The predicted molar refractivity (Wildman–Crippen MR) is 79.6 cm³/mol. The molecule has 108 valence electrons. The average Bonchev–Trinajstić information content (AvgIpc) is 2.43. The molecular formula is C14H21BrFNO2. The third-order valence-corrected chi connectivity index (χ3v) is 3.47. The van der Waals surface area contributed by atoms with E-state index >= 15 is 0 Å². The van der Waals surface area contributed by atoms with E-state index in [2.05, 4.69) is 20.8 Å². The quantitative estimate of drug-likeness (QED) is 0.511. The Morgan fingerprint density at radius 1 is 1.16 bits per heavy atom. The van der Waals surface area contributed by atoms with Crippen LogP contribution >= 0.6 is 15.9 Å². The van der Waals surface area contributed by atoms with Crippen molar-refractivity contribution >= 4 is 21.6 Å². The largest absolute Gasteiger partial charge is 0.385 e. The Hall–Kier alpha value is -0.650. The van der Waals surface area contributed by atoms with E-state index in [9.17, 15) is 4.39 Å². The van der Waals surface area contributed by atoms with Gasteiger partial charge in [0.1, 0.15) is 5.82 Å². The summed E-state index contributed by atoms with van der Waals surface area (Å²) in [5.74, 6) is -0.207. The van der Waals surface area contributed by atoms with Gasteiger partial charge in [-0.3, -0.25) is 0 Å². The molecule has 1 rings (SSSR count). The van der Waals surface area contributed by atoms with Gasteiger partial charge in [-0.15, -0.1) is 0 Å². The van der Waals surface area contributed by atoms with Crippen LogP contribution in [0.4, 0.5) is 10.1 Å². The van der Waals surface area contributed by atoms with E-state index < -0.39 is 0 Å². The van der Waals surface area contributed by atoms with Crippen LogP contribution in [0, 0.1) is 5.82 Å². The number of hydrogen-bond donors (Lipinski definition) is 0. The molecule has 5 heteroatoms. The van der Waals surface area contributed by atoms with E-state index in [1.165, 1.54) is 6.07 Å². The maximum absolute atomic E-state index is 13.3. The van der Waals surface area contributed by atoms with Gasteiger partial charge in [-0.2, -0.15) is 0 Å². The van der Waals surface area contributed by atoms with Crippen LogP contribution in [0.5, 0.6) is 0 Å². The maximum Gasteiger partial charge on any atom is 0.123 e. The Labute approximate surface area is 122 Å². The predicted octanol–water partition coefficient (Wildman–Crippen LogP) is 3.21. The van der Waals surface area contributed by atoms with E-state index in [1.807, 2.05) is 6.07 Å². The van der Waals surface area contributed by atoms with Gasteiger partial charge in [-0.05, 0) is 30.2 Å². The smallest absolute Gasteiger partial charge is 0.123 e. The van der Waals surface area contributed by atoms with Crippen LogP contribution in [0.15, 0.2) is 18.2 Å². The Morgan fingerprint density at radius 2 is 1.89 bits per heavy atom. The van der Waals surface area contributed by atoms with Crippen molar-refractivity contribution in [2.24, 2.45) is 0 Å². The number of rotatable bonds is 9. The molecule has 0 aromatic heterocycles. The first-order valence-corrected chi connectivity index (χ1v) is 7.42. The summed E-state index contributed by atoms with van der Waals surface area (Å²) in [6.45, 7) is 3.01. The third kappa shape index (κ3) is 5.47. The van der Waals surface area contributed by atoms with Gasteiger partial charge in [0.05, 0.1) is 6.61 Å². The van der Waals surface area contributed by atoms with Gasteiger partial charge in [-0.1, -0.05) is 15.9 Å². The Balaban J connectivity index is 2.82. The minimum atomic E-state index is -0.207. The minimum Gasteiger partial charge on any atom is -0.385 e. The molecule has 0 bridgehead atoms. The lowest BCUT2D eigenvalue weighted by Gasteiger charge is -2.26. The number of nitrogens with zero attached hydrogens (tertiary/aromatic N) is 1. The Bertz CT molecular complexity index is 376. The maximum atomic E-state index is 13.3.